The zero-order valence-corrected chi connectivity index (χ0v) is 16.6. The first-order valence-corrected chi connectivity index (χ1v) is 11.4. The molecule has 1 unspecified atom stereocenters. The molecule has 2 N–H and O–H groups in total. The maximum absolute atomic E-state index is 13.8. The number of halogens is 1. The number of H-pyrrole nitrogens is 1. The van der Waals surface area contributed by atoms with E-state index < -0.39 is 10.0 Å². The van der Waals surface area contributed by atoms with Crippen molar-refractivity contribution in [3.63, 3.8) is 0 Å². The number of para-hydroxylation sites is 1. The summed E-state index contributed by atoms with van der Waals surface area (Å²) in [6.07, 6.45) is 6.26. The molecule has 5 rings (SSSR count). The van der Waals surface area contributed by atoms with Crippen molar-refractivity contribution >= 4 is 20.9 Å². The Balaban J connectivity index is 1.69. The van der Waals surface area contributed by atoms with Crippen molar-refractivity contribution < 1.29 is 12.8 Å². The molecule has 0 aliphatic heterocycles. The highest BCUT2D eigenvalue weighted by Gasteiger charge is 2.51. The second-order valence-electron chi connectivity index (χ2n) is 8.05. The predicted octanol–water partition coefficient (Wildman–Crippen LogP) is 4.00. The fourth-order valence-corrected chi connectivity index (χ4v) is 5.95. The minimum atomic E-state index is -3.36. The molecule has 0 bridgehead atoms. The number of aromatic nitrogens is 1. The first-order valence-electron chi connectivity index (χ1n) is 9.74. The van der Waals surface area contributed by atoms with E-state index in [4.69, 9.17) is 0 Å². The molecule has 4 nitrogen and oxygen atoms in total. The van der Waals surface area contributed by atoms with Crippen molar-refractivity contribution in [3.05, 3.63) is 70.7 Å². The molecule has 1 saturated carbocycles. The summed E-state index contributed by atoms with van der Waals surface area (Å²) in [7, 11) is -1.92. The van der Waals surface area contributed by atoms with E-state index in [1.54, 1.807) is 12.1 Å². The number of rotatable bonds is 5. The summed E-state index contributed by atoms with van der Waals surface area (Å²) in [6.45, 7) is 0. The Labute approximate surface area is 164 Å². The Morgan fingerprint density at radius 2 is 2.04 bits per heavy atom. The van der Waals surface area contributed by atoms with E-state index in [9.17, 15) is 12.8 Å². The van der Waals surface area contributed by atoms with Gasteiger partial charge in [0.1, 0.15) is 5.82 Å². The maximum atomic E-state index is 13.8. The molecule has 0 radical (unpaired) electrons. The molecule has 1 atom stereocenters. The molecular formula is C22H23FN2O2S. The second kappa shape index (κ2) is 6.16. The average molecular weight is 399 g/mol. The van der Waals surface area contributed by atoms with E-state index in [2.05, 4.69) is 22.0 Å². The third kappa shape index (κ3) is 2.62. The molecule has 2 aromatic carbocycles. The molecule has 0 saturated heterocycles. The van der Waals surface area contributed by atoms with Crippen LogP contribution in [0.15, 0.2) is 42.6 Å². The SMILES string of the molecule is CNS(=O)(=O)Cc1cccc2c(C3(C4CC4)CCc4cc(F)ccc43)c[nH]c12. The molecule has 0 spiro atoms. The number of sulfonamides is 1. The van der Waals surface area contributed by atoms with Crippen LogP contribution in [0.2, 0.25) is 0 Å². The van der Waals surface area contributed by atoms with Gasteiger partial charge in [0.25, 0.3) is 0 Å². The molecule has 0 amide bonds. The van der Waals surface area contributed by atoms with Gasteiger partial charge in [-0.15, -0.1) is 0 Å². The van der Waals surface area contributed by atoms with Gasteiger partial charge in [-0.25, -0.2) is 17.5 Å². The van der Waals surface area contributed by atoms with Gasteiger partial charge in [0.05, 0.1) is 11.3 Å². The highest BCUT2D eigenvalue weighted by atomic mass is 32.2. The standard InChI is InChI=1S/C22H23FN2O2S/c1-24-28(26,27)13-15-3-2-4-18-20(12-25-21(15)18)22(16-5-6-16)10-9-14-11-17(23)7-8-19(14)22/h2-4,7-8,11-12,16,24-25H,5-6,9-10,13H2,1H3. The van der Waals surface area contributed by atoms with Crippen LogP contribution in [0.1, 0.15) is 41.5 Å². The van der Waals surface area contributed by atoms with Crippen LogP contribution in [-0.2, 0) is 27.6 Å². The van der Waals surface area contributed by atoms with E-state index in [1.807, 2.05) is 18.2 Å². The lowest BCUT2D eigenvalue weighted by Gasteiger charge is -2.31. The van der Waals surface area contributed by atoms with Gasteiger partial charge in [0, 0.05) is 17.0 Å². The van der Waals surface area contributed by atoms with Gasteiger partial charge in [0.2, 0.25) is 10.0 Å². The van der Waals surface area contributed by atoms with Gasteiger partial charge in [-0.2, -0.15) is 0 Å². The van der Waals surface area contributed by atoms with Crippen molar-refractivity contribution in [1.29, 1.82) is 0 Å². The first kappa shape index (κ1) is 17.9. The summed E-state index contributed by atoms with van der Waals surface area (Å²) < 4.78 is 40.4. The molecule has 6 heteroatoms. The minimum Gasteiger partial charge on any atom is -0.361 e. The summed E-state index contributed by atoms with van der Waals surface area (Å²) in [4.78, 5) is 3.36. The Kier molecular flexibility index (Phi) is 3.93. The summed E-state index contributed by atoms with van der Waals surface area (Å²) in [5.74, 6) is 0.325. The fraction of sp³-hybridized carbons (Fsp3) is 0.364. The van der Waals surface area contributed by atoms with Crippen LogP contribution < -0.4 is 4.72 Å². The number of aromatic amines is 1. The topological polar surface area (TPSA) is 62.0 Å². The average Bonchev–Trinajstić information content (AvgIpc) is 3.33. The van der Waals surface area contributed by atoms with Crippen LogP contribution in [0.5, 0.6) is 0 Å². The number of fused-ring (bicyclic) bond motifs is 2. The number of hydrogen-bond donors (Lipinski definition) is 2. The number of hydrogen-bond acceptors (Lipinski definition) is 2. The monoisotopic (exact) mass is 398 g/mol. The van der Waals surface area contributed by atoms with Crippen molar-refractivity contribution in [2.45, 2.75) is 36.9 Å². The first-order chi connectivity index (χ1) is 13.4. The highest BCUT2D eigenvalue weighted by Crippen LogP contribution is 2.59. The van der Waals surface area contributed by atoms with Crippen LogP contribution in [0.3, 0.4) is 0 Å². The predicted molar refractivity (Wildman–Crippen MR) is 108 cm³/mol. The molecule has 1 aromatic heterocycles. The normalized spacial score (nSPS) is 21.9. The highest BCUT2D eigenvalue weighted by molar-refractivity contribution is 7.88. The van der Waals surface area contributed by atoms with E-state index >= 15 is 0 Å². The molecule has 2 aliphatic carbocycles. The quantitative estimate of drug-likeness (QED) is 0.682. The summed E-state index contributed by atoms with van der Waals surface area (Å²) in [5.41, 5.74) is 5.11. The Morgan fingerprint density at radius 1 is 1.21 bits per heavy atom. The minimum absolute atomic E-state index is 0.0565. The number of benzene rings is 2. The third-order valence-electron chi connectivity index (χ3n) is 6.55. The lowest BCUT2D eigenvalue weighted by atomic mass is 9.71. The number of aryl methyl sites for hydroxylation is 1. The Morgan fingerprint density at radius 3 is 2.79 bits per heavy atom. The van der Waals surface area contributed by atoms with Crippen molar-refractivity contribution in [3.8, 4) is 0 Å². The van der Waals surface area contributed by atoms with Crippen LogP contribution in [0.4, 0.5) is 4.39 Å². The zero-order valence-electron chi connectivity index (χ0n) is 15.8. The Bertz CT molecular complexity index is 1180. The van der Waals surface area contributed by atoms with Gasteiger partial charge in [-0.05, 0) is 73.0 Å². The van der Waals surface area contributed by atoms with Crippen molar-refractivity contribution in [1.82, 2.24) is 9.71 Å². The van der Waals surface area contributed by atoms with Crippen LogP contribution in [0.25, 0.3) is 10.9 Å². The number of nitrogens with one attached hydrogen (secondary N) is 2. The third-order valence-corrected chi connectivity index (χ3v) is 7.86. The van der Waals surface area contributed by atoms with Gasteiger partial charge in [0.15, 0.2) is 0 Å². The van der Waals surface area contributed by atoms with Gasteiger partial charge in [-0.3, -0.25) is 0 Å². The molecule has 28 heavy (non-hydrogen) atoms. The molecule has 1 fully saturated rings. The molecule has 1 heterocycles. The second-order valence-corrected chi connectivity index (χ2v) is 9.98. The molecule has 146 valence electrons. The maximum Gasteiger partial charge on any atom is 0.215 e. The van der Waals surface area contributed by atoms with E-state index in [0.717, 1.165) is 34.9 Å². The smallest absolute Gasteiger partial charge is 0.215 e. The van der Waals surface area contributed by atoms with Crippen molar-refractivity contribution in [2.24, 2.45) is 5.92 Å². The van der Waals surface area contributed by atoms with Gasteiger partial charge >= 0.3 is 0 Å². The van der Waals surface area contributed by atoms with E-state index in [0.29, 0.717) is 5.92 Å². The van der Waals surface area contributed by atoms with Crippen LogP contribution in [-0.4, -0.2) is 20.4 Å². The summed E-state index contributed by atoms with van der Waals surface area (Å²) in [5, 5.41) is 1.08. The van der Waals surface area contributed by atoms with E-state index in [1.165, 1.54) is 31.0 Å². The Hall–Kier alpha value is -2.18. The molecule has 2 aliphatic rings. The van der Waals surface area contributed by atoms with E-state index in [-0.39, 0.29) is 17.0 Å². The lowest BCUT2D eigenvalue weighted by molar-refractivity contribution is 0.448. The molecular weight excluding hydrogens is 375 g/mol. The zero-order chi connectivity index (χ0) is 19.5. The summed E-state index contributed by atoms with van der Waals surface area (Å²) in [6, 6.07) is 11.1. The van der Waals surface area contributed by atoms with Crippen LogP contribution >= 0.6 is 0 Å². The fourth-order valence-electron chi connectivity index (χ4n) is 5.15. The summed E-state index contributed by atoms with van der Waals surface area (Å²) >= 11 is 0. The lowest BCUT2D eigenvalue weighted by Crippen LogP contribution is -2.27. The van der Waals surface area contributed by atoms with Gasteiger partial charge < -0.3 is 4.98 Å². The largest absolute Gasteiger partial charge is 0.361 e. The molecule has 3 aromatic rings. The van der Waals surface area contributed by atoms with Crippen molar-refractivity contribution in [2.75, 3.05) is 7.05 Å². The van der Waals surface area contributed by atoms with Crippen LogP contribution in [0, 0.1) is 11.7 Å². The van der Waals surface area contributed by atoms with Gasteiger partial charge in [-0.1, -0.05) is 24.3 Å².